The second-order valence-electron chi connectivity index (χ2n) is 5.04. The predicted molar refractivity (Wildman–Crippen MR) is 73.0 cm³/mol. The fourth-order valence-electron chi connectivity index (χ4n) is 2.26. The van der Waals surface area contributed by atoms with Crippen LogP contribution in [0.2, 0.25) is 0 Å². The summed E-state index contributed by atoms with van der Waals surface area (Å²) < 4.78 is 0. The van der Waals surface area contributed by atoms with Crippen LogP contribution >= 0.6 is 0 Å². The molecule has 0 radical (unpaired) electrons. The van der Waals surface area contributed by atoms with Gasteiger partial charge < -0.3 is 10.6 Å². The summed E-state index contributed by atoms with van der Waals surface area (Å²) in [5, 5.41) is 0. The molecule has 0 bridgehead atoms. The van der Waals surface area contributed by atoms with Gasteiger partial charge >= 0.3 is 0 Å². The first-order chi connectivity index (χ1) is 8.72. The number of rotatable bonds is 6. The number of hydrogen-bond acceptors (Lipinski definition) is 2. The molecule has 0 aromatic heterocycles. The molecule has 1 aliphatic rings. The Labute approximate surface area is 109 Å². The van der Waals surface area contributed by atoms with Crippen molar-refractivity contribution in [3.8, 4) is 0 Å². The summed E-state index contributed by atoms with van der Waals surface area (Å²) in [6, 6.07) is 10.2. The summed E-state index contributed by atoms with van der Waals surface area (Å²) in [5.74, 6) is 0.204. The third-order valence-electron chi connectivity index (χ3n) is 3.39. The molecule has 1 aliphatic carbocycles. The lowest BCUT2D eigenvalue weighted by Crippen LogP contribution is -2.35. The number of nitrogens with zero attached hydrogens (tertiary/aromatic N) is 1. The van der Waals surface area contributed by atoms with Gasteiger partial charge in [0.1, 0.15) is 0 Å². The SMILES string of the molecule is CCCN(C(=O)CC(N)c1ccccc1)C1CC1. The Morgan fingerprint density at radius 3 is 2.61 bits per heavy atom. The van der Waals surface area contributed by atoms with E-state index in [0.717, 1.165) is 31.4 Å². The second kappa shape index (κ2) is 6.01. The Bertz CT molecular complexity index is 387. The van der Waals surface area contributed by atoms with Gasteiger partial charge in [-0.3, -0.25) is 4.79 Å². The van der Waals surface area contributed by atoms with E-state index in [9.17, 15) is 4.79 Å². The van der Waals surface area contributed by atoms with Crippen molar-refractivity contribution in [2.75, 3.05) is 6.54 Å². The number of benzene rings is 1. The van der Waals surface area contributed by atoms with Gasteiger partial charge in [0.2, 0.25) is 5.91 Å². The molecule has 0 saturated heterocycles. The summed E-state index contributed by atoms with van der Waals surface area (Å²) in [4.78, 5) is 14.3. The van der Waals surface area contributed by atoms with Gasteiger partial charge in [0, 0.05) is 25.0 Å². The molecule has 1 unspecified atom stereocenters. The topological polar surface area (TPSA) is 46.3 Å². The van der Waals surface area contributed by atoms with Gasteiger partial charge in [-0.15, -0.1) is 0 Å². The maximum Gasteiger partial charge on any atom is 0.224 e. The smallest absolute Gasteiger partial charge is 0.224 e. The Hall–Kier alpha value is -1.35. The van der Waals surface area contributed by atoms with Crippen molar-refractivity contribution < 1.29 is 4.79 Å². The third kappa shape index (κ3) is 3.33. The first kappa shape index (κ1) is 13.1. The minimum absolute atomic E-state index is 0.184. The molecule has 0 heterocycles. The van der Waals surface area contributed by atoms with Crippen LogP contribution < -0.4 is 5.73 Å². The minimum atomic E-state index is -0.184. The van der Waals surface area contributed by atoms with E-state index in [1.807, 2.05) is 35.2 Å². The van der Waals surface area contributed by atoms with Gasteiger partial charge in [-0.05, 0) is 24.8 Å². The molecule has 1 fully saturated rings. The number of amides is 1. The average Bonchev–Trinajstić information content (AvgIpc) is 3.21. The molecule has 1 saturated carbocycles. The highest BCUT2D eigenvalue weighted by molar-refractivity contribution is 5.77. The van der Waals surface area contributed by atoms with E-state index in [1.54, 1.807) is 0 Å². The van der Waals surface area contributed by atoms with Crippen LogP contribution in [-0.2, 0) is 4.79 Å². The first-order valence-corrected chi connectivity index (χ1v) is 6.82. The zero-order valence-corrected chi connectivity index (χ0v) is 11.0. The maximum atomic E-state index is 12.2. The molecule has 3 nitrogen and oxygen atoms in total. The van der Waals surface area contributed by atoms with Crippen molar-refractivity contribution in [2.45, 2.75) is 44.7 Å². The summed E-state index contributed by atoms with van der Waals surface area (Å²) in [6.07, 6.45) is 3.75. The quantitative estimate of drug-likeness (QED) is 0.838. The standard InChI is InChI=1S/C15H22N2O/c1-2-10-17(13-8-9-13)15(18)11-14(16)12-6-4-3-5-7-12/h3-7,13-14H,2,8-11,16H2,1H3. The van der Waals surface area contributed by atoms with E-state index in [-0.39, 0.29) is 11.9 Å². The van der Waals surface area contributed by atoms with E-state index in [4.69, 9.17) is 5.73 Å². The predicted octanol–water partition coefficient (Wildman–Crippen LogP) is 2.48. The molecule has 1 atom stereocenters. The second-order valence-corrected chi connectivity index (χ2v) is 5.04. The van der Waals surface area contributed by atoms with Crippen molar-refractivity contribution in [1.82, 2.24) is 4.90 Å². The Balaban J connectivity index is 1.93. The average molecular weight is 246 g/mol. The van der Waals surface area contributed by atoms with E-state index >= 15 is 0 Å². The van der Waals surface area contributed by atoms with E-state index in [0.29, 0.717) is 12.5 Å². The van der Waals surface area contributed by atoms with Crippen LogP contribution in [0.4, 0.5) is 0 Å². The lowest BCUT2D eigenvalue weighted by Gasteiger charge is -2.23. The molecule has 18 heavy (non-hydrogen) atoms. The zero-order valence-electron chi connectivity index (χ0n) is 11.0. The van der Waals surface area contributed by atoms with Gasteiger partial charge in [-0.25, -0.2) is 0 Å². The number of carbonyl (C=O) groups is 1. The minimum Gasteiger partial charge on any atom is -0.340 e. The Morgan fingerprint density at radius 2 is 2.06 bits per heavy atom. The monoisotopic (exact) mass is 246 g/mol. The van der Waals surface area contributed by atoms with Crippen molar-refractivity contribution in [1.29, 1.82) is 0 Å². The molecule has 2 rings (SSSR count). The molecule has 0 aliphatic heterocycles. The number of nitrogens with two attached hydrogens (primary N) is 1. The van der Waals surface area contributed by atoms with Crippen LogP contribution in [-0.4, -0.2) is 23.4 Å². The van der Waals surface area contributed by atoms with Crippen LogP contribution in [0.25, 0.3) is 0 Å². The first-order valence-electron chi connectivity index (χ1n) is 6.82. The van der Waals surface area contributed by atoms with E-state index < -0.39 is 0 Å². The van der Waals surface area contributed by atoms with Gasteiger partial charge in [-0.2, -0.15) is 0 Å². The lowest BCUT2D eigenvalue weighted by molar-refractivity contribution is -0.132. The third-order valence-corrected chi connectivity index (χ3v) is 3.39. The fraction of sp³-hybridized carbons (Fsp3) is 0.533. The summed E-state index contributed by atoms with van der Waals surface area (Å²) in [6.45, 7) is 2.98. The summed E-state index contributed by atoms with van der Waals surface area (Å²) in [7, 11) is 0. The highest BCUT2D eigenvalue weighted by Gasteiger charge is 2.32. The van der Waals surface area contributed by atoms with Crippen LogP contribution in [0.3, 0.4) is 0 Å². The van der Waals surface area contributed by atoms with Crippen molar-refractivity contribution in [2.24, 2.45) is 5.73 Å². The molecule has 1 amide bonds. The van der Waals surface area contributed by atoms with Gasteiger partial charge in [0.25, 0.3) is 0 Å². The van der Waals surface area contributed by atoms with Crippen LogP contribution in [0.15, 0.2) is 30.3 Å². The molecule has 0 spiro atoms. The molecule has 98 valence electrons. The van der Waals surface area contributed by atoms with Crippen molar-refractivity contribution >= 4 is 5.91 Å². The van der Waals surface area contributed by atoms with Gasteiger partial charge in [0.15, 0.2) is 0 Å². The summed E-state index contributed by atoms with van der Waals surface area (Å²) >= 11 is 0. The van der Waals surface area contributed by atoms with E-state index in [2.05, 4.69) is 6.92 Å². The van der Waals surface area contributed by atoms with E-state index in [1.165, 1.54) is 0 Å². The van der Waals surface area contributed by atoms with Gasteiger partial charge in [-0.1, -0.05) is 37.3 Å². The highest BCUT2D eigenvalue weighted by atomic mass is 16.2. The number of carbonyl (C=O) groups excluding carboxylic acids is 1. The molecule has 1 aromatic carbocycles. The fourth-order valence-corrected chi connectivity index (χ4v) is 2.26. The van der Waals surface area contributed by atoms with Crippen molar-refractivity contribution in [3.63, 3.8) is 0 Å². The lowest BCUT2D eigenvalue weighted by atomic mass is 10.0. The molecular formula is C15H22N2O. The number of hydrogen-bond donors (Lipinski definition) is 1. The Morgan fingerprint density at radius 1 is 1.39 bits per heavy atom. The molecule has 1 aromatic rings. The summed E-state index contributed by atoms with van der Waals surface area (Å²) in [5.41, 5.74) is 7.14. The largest absolute Gasteiger partial charge is 0.340 e. The Kier molecular flexibility index (Phi) is 4.37. The van der Waals surface area contributed by atoms with Gasteiger partial charge in [0.05, 0.1) is 0 Å². The van der Waals surface area contributed by atoms with Crippen LogP contribution in [0, 0.1) is 0 Å². The van der Waals surface area contributed by atoms with Crippen LogP contribution in [0.1, 0.15) is 44.2 Å². The maximum absolute atomic E-state index is 12.2. The molecular weight excluding hydrogens is 224 g/mol. The van der Waals surface area contributed by atoms with Crippen LogP contribution in [0.5, 0.6) is 0 Å². The molecule has 3 heteroatoms. The highest BCUT2D eigenvalue weighted by Crippen LogP contribution is 2.28. The normalized spacial score (nSPS) is 16.3. The molecule has 2 N–H and O–H groups in total. The van der Waals surface area contributed by atoms with Crippen molar-refractivity contribution in [3.05, 3.63) is 35.9 Å². The zero-order chi connectivity index (χ0) is 13.0.